The molecule has 3 nitrogen and oxygen atoms in total. The van der Waals surface area contributed by atoms with E-state index in [0.717, 1.165) is 28.4 Å². The zero-order valence-corrected chi connectivity index (χ0v) is 17.2. The Morgan fingerprint density at radius 3 is 2.46 bits per heavy atom. The molecule has 1 aromatic heterocycles. The average molecular weight is 419 g/mol. The summed E-state index contributed by atoms with van der Waals surface area (Å²) in [5, 5.41) is 5.18. The van der Waals surface area contributed by atoms with E-state index < -0.39 is 23.2 Å². The van der Waals surface area contributed by atoms with Gasteiger partial charge in [-0.2, -0.15) is 0 Å². The quantitative estimate of drug-likeness (QED) is 0.505. The number of carbonyl (C=O) groups is 1. The Bertz CT molecular complexity index is 935. The highest BCUT2D eigenvalue weighted by molar-refractivity contribution is 7.99. The van der Waals surface area contributed by atoms with Crippen LogP contribution in [0, 0.1) is 11.6 Å². The van der Waals surface area contributed by atoms with E-state index in [-0.39, 0.29) is 5.75 Å². The monoisotopic (exact) mass is 418 g/mol. The first-order chi connectivity index (χ1) is 13.4. The molecule has 0 saturated heterocycles. The predicted molar refractivity (Wildman–Crippen MR) is 113 cm³/mol. The number of carbonyl (C=O) groups excluding carboxylic acids is 1. The van der Waals surface area contributed by atoms with E-state index in [1.165, 1.54) is 23.4 Å². The van der Waals surface area contributed by atoms with Gasteiger partial charge < -0.3 is 5.32 Å². The maximum Gasteiger partial charge on any atom is 0.234 e. The van der Waals surface area contributed by atoms with Crippen LogP contribution in [-0.2, 0) is 10.5 Å². The molecular weight excluding hydrogens is 398 g/mol. The number of nitrogens with zero attached hydrogens (tertiary/aromatic N) is 1. The Kier molecular flexibility index (Phi) is 6.80. The number of hydrogen-bond acceptors (Lipinski definition) is 4. The number of amides is 1. The number of nitrogens with one attached hydrogen (secondary N) is 1. The molecule has 3 aromatic rings. The lowest BCUT2D eigenvalue weighted by molar-refractivity contribution is -0.113. The molecule has 28 heavy (non-hydrogen) atoms. The molecule has 1 amide bonds. The summed E-state index contributed by atoms with van der Waals surface area (Å²) < 4.78 is 27.1. The highest BCUT2D eigenvalue weighted by atomic mass is 32.2. The van der Waals surface area contributed by atoms with Gasteiger partial charge in [0.05, 0.1) is 11.4 Å². The molecule has 3 rings (SSSR count). The lowest BCUT2D eigenvalue weighted by Crippen LogP contribution is -2.16. The minimum absolute atomic E-state index is 0.0870. The smallest absolute Gasteiger partial charge is 0.234 e. The highest BCUT2D eigenvalue weighted by Gasteiger charge is 2.12. The van der Waals surface area contributed by atoms with E-state index in [1.807, 2.05) is 5.38 Å². The van der Waals surface area contributed by atoms with E-state index in [4.69, 9.17) is 0 Å². The van der Waals surface area contributed by atoms with Crippen LogP contribution in [0.4, 0.5) is 14.5 Å². The first-order valence-corrected chi connectivity index (χ1v) is 10.8. The number of thiazole rings is 1. The molecule has 0 aliphatic carbocycles. The van der Waals surface area contributed by atoms with Crippen molar-refractivity contribution in [2.75, 3.05) is 11.1 Å². The van der Waals surface area contributed by atoms with Gasteiger partial charge >= 0.3 is 0 Å². The molecule has 146 valence electrons. The van der Waals surface area contributed by atoms with Crippen molar-refractivity contribution in [1.29, 1.82) is 0 Å². The standard InChI is InChI=1S/C21H20F2N2OS2/c1-13(2)14-6-8-15(9-7-14)21-24-16(11-28-21)10-27-12-19(26)25-20-17(22)4-3-5-18(20)23/h3-9,11,13H,10,12H2,1-2H3,(H,25,26). The van der Waals surface area contributed by atoms with Gasteiger partial charge in [-0.25, -0.2) is 13.8 Å². The van der Waals surface area contributed by atoms with Crippen LogP contribution in [0.5, 0.6) is 0 Å². The van der Waals surface area contributed by atoms with Crippen molar-refractivity contribution in [3.8, 4) is 10.6 Å². The minimum Gasteiger partial charge on any atom is -0.320 e. The van der Waals surface area contributed by atoms with Crippen molar-refractivity contribution in [1.82, 2.24) is 4.98 Å². The zero-order valence-electron chi connectivity index (χ0n) is 15.5. The summed E-state index contributed by atoms with van der Waals surface area (Å²) in [4.78, 5) is 16.5. The molecule has 0 bridgehead atoms. The van der Waals surface area contributed by atoms with Crippen molar-refractivity contribution in [2.45, 2.75) is 25.5 Å². The lowest BCUT2D eigenvalue weighted by Gasteiger charge is -2.07. The molecule has 1 N–H and O–H groups in total. The van der Waals surface area contributed by atoms with Crippen LogP contribution in [0.15, 0.2) is 47.8 Å². The summed E-state index contributed by atoms with van der Waals surface area (Å²) in [6, 6.07) is 11.8. The van der Waals surface area contributed by atoms with Gasteiger partial charge in [0.2, 0.25) is 5.91 Å². The normalized spacial score (nSPS) is 11.0. The molecule has 0 fully saturated rings. The van der Waals surface area contributed by atoms with Crippen LogP contribution < -0.4 is 5.32 Å². The van der Waals surface area contributed by atoms with Crippen molar-refractivity contribution in [2.24, 2.45) is 0 Å². The first kappa shape index (κ1) is 20.5. The van der Waals surface area contributed by atoms with E-state index in [9.17, 15) is 13.6 Å². The Morgan fingerprint density at radius 2 is 1.82 bits per heavy atom. The van der Waals surface area contributed by atoms with Gasteiger partial charge in [0.15, 0.2) is 0 Å². The fraction of sp³-hybridized carbons (Fsp3) is 0.238. The Morgan fingerprint density at radius 1 is 1.14 bits per heavy atom. The Labute approximate surface area is 171 Å². The fourth-order valence-corrected chi connectivity index (χ4v) is 4.21. The minimum atomic E-state index is -0.786. The van der Waals surface area contributed by atoms with Gasteiger partial charge in [-0.05, 0) is 23.6 Å². The lowest BCUT2D eigenvalue weighted by atomic mass is 10.0. The number of para-hydroxylation sites is 1. The van der Waals surface area contributed by atoms with Crippen LogP contribution in [0.3, 0.4) is 0 Å². The van der Waals surface area contributed by atoms with Gasteiger partial charge in [-0.1, -0.05) is 44.2 Å². The first-order valence-electron chi connectivity index (χ1n) is 8.80. The summed E-state index contributed by atoms with van der Waals surface area (Å²) in [5.74, 6) is -0.899. The van der Waals surface area contributed by atoms with Crippen LogP contribution in [0.2, 0.25) is 0 Å². The number of hydrogen-bond donors (Lipinski definition) is 1. The molecule has 1 heterocycles. The largest absolute Gasteiger partial charge is 0.320 e. The summed E-state index contributed by atoms with van der Waals surface area (Å²) in [7, 11) is 0. The summed E-state index contributed by atoms with van der Waals surface area (Å²) >= 11 is 2.91. The maximum atomic E-state index is 13.6. The Hall–Kier alpha value is -2.25. The number of benzene rings is 2. The predicted octanol–water partition coefficient (Wildman–Crippen LogP) is 6.08. The van der Waals surface area contributed by atoms with Crippen molar-refractivity contribution >= 4 is 34.7 Å². The third-order valence-corrected chi connectivity index (χ3v) is 5.99. The van der Waals surface area contributed by atoms with Crippen molar-refractivity contribution in [3.05, 3.63) is 70.7 Å². The SMILES string of the molecule is CC(C)c1ccc(-c2nc(CSCC(=O)Nc3c(F)cccc3F)cs2)cc1. The molecule has 7 heteroatoms. The second kappa shape index (κ2) is 9.30. The van der Waals surface area contributed by atoms with Gasteiger partial charge in [0.25, 0.3) is 0 Å². The maximum absolute atomic E-state index is 13.6. The average Bonchev–Trinajstić information content (AvgIpc) is 3.14. The zero-order chi connectivity index (χ0) is 20.1. The number of thioether (sulfide) groups is 1. The van der Waals surface area contributed by atoms with E-state index in [2.05, 4.69) is 48.4 Å². The molecule has 0 saturated carbocycles. The van der Waals surface area contributed by atoms with Gasteiger partial charge in [0.1, 0.15) is 22.3 Å². The van der Waals surface area contributed by atoms with Gasteiger partial charge in [0, 0.05) is 16.7 Å². The molecule has 0 atom stereocenters. The van der Waals surface area contributed by atoms with Crippen LogP contribution in [0.25, 0.3) is 10.6 Å². The topological polar surface area (TPSA) is 42.0 Å². The molecule has 2 aromatic carbocycles. The van der Waals surface area contributed by atoms with E-state index in [0.29, 0.717) is 11.7 Å². The van der Waals surface area contributed by atoms with Crippen LogP contribution in [-0.4, -0.2) is 16.6 Å². The molecule has 0 aliphatic heterocycles. The third kappa shape index (κ3) is 5.17. The number of anilines is 1. The van der Waals surface area contributed by atoms with Gasteiger partial charge in [-0.3, -0.25) is 4.79 Å². The van der Waals surface area contributed by atoms with Crippen LogP contribution >= 0.6 is 23.1 Å². The van der Waals surface area contributed by atoms with Crippen molar-refractivity contribution in [3.63, 3.8) is 0 Å². The highest BCUT2D eigenvalue weighted by Crippen LogP contribution is 2.27. The van der Waals surface area contributed by atoms with Crippen molar-refractivity contribution < 1.29 is 13.6 Å². The molecular formula is C21H20F2N2OS2. The van der Waals surface area contributed by atoms with Gasteiger partial charge in [-0.15, -0.1) is 23.1 Å². The number of rotatable bonds is 7. The summed E-state index contributed by atoms with van der Waals surface area (Å²) in [6.45, 7) is 4.31. The fourth-order valence-electron chi connectivity index (χ4n) is 2.56. The molecule has 0 spiro atoms. The molecule has 0 aliphatic rings. The summed E-state index contributed by atoms with van der Waals surface area (Å²) in [5.41, 5.74) is 2.82. The second-order valence-corrected chi connectivity index (χ2v) is 8.40. The molecule has 0 unspecified atom stereocenters. The van der Waals surface area contributed by atoms with E-state index in [1.54, 1.807) is 11.3 Å². The van der Waals surface area contributed by atoms with Crippen LogP contribution in [0.1, 0.15) is 31.0 Å². The summed E-state index contributed by atoms with van der Waals surface area (Å²) in [6.07, 6.45) is 0. The number of halogens is 2. The third-order valence-electron chi connectivity index (χ3n) is 4.09. The molecule has 0 radical (unpaired) electrons. The Balaban J connectivity index is 1.52. The number of aromatic nitrogens is 1. The van der Waals surface area contributed by atoms with E-state index >= 15 is 0 Å². The second-order valence-electron chi connectivity index (χ2n) is 6.56.